The molecule has 0 unspecified atom stereocenters. The number of benzene rings is 1. The van der Waals surface area contributed by atoms with Gasteiger partial charge in [0.25, 0.3) is 0 Å². The second-order valence-electron chi connectivity index (χ2n) is 5.23. The second-order valence-corrected chi connectivity index (χ2v) is 6.17. The van der Waals surface area contributed by atoms with Crippen LogP contribution in [0, 0.1) is 6.92 Å². The molecule has 0 atom stereocenters. The van der Waals surface area contributed by atoms with Crippen molar-refractivity contribution in [2.75, 3.05) is 7.11 Å². The van der Waals surface area contributed by atoms with Crippen LogP contribution in [0.4, 0.5) is 0 Å². The topological polar surface area (TPSA) is 70.2 Å². The first-order valence-corrected chi connectivity index (χ1v) is 8.34. The molecule has 7 heteroatoms. The highest BCUT2D eigenvalue weighted by Crippen LogP contribution is 2.27. The first kappa shape index (κ1) is 16.3. The largest absolute Gasteiger partial charge is 0.463 e. The first-order valence-electron chi connectivity index (χ1n) is 7.35. The lowest BCUT2D eigenvalue weighted by molar-refractivity contribution is 0.0563. The van der Waals surface area contributed by atoms with Gasteiger partial charge in [-0.05, 0) is 24.6 Å². The SMILES string of the molecule is COC(=O)c1ccc(CSc2nnc(-c3ccccc3C)n2C)o1. The molecule has 0 radical (unpaired) electrons. The van der Waals surface area contributed by atoms with Gasteiger partial charge in [0.2, 0.25) is 5.76 Å². The van der Waals surface area contributed by atoms with Crippen LogP contribution in [0.3, 0.4) is 0 Å². The number of carbonyl (C=O) groups is 1. The van der Waals surface area contributed by atoms with E-state index >= 15 is 0 Å². The Morgan fingerprint density at radius 1 is 1.25 bits per heavy atom. The molecule has 1 aromatic carbocycles. The van der Waals surface area contributed by atoms with E-state index in [9.17, 15) is 4.79 Å². The fourth-order valence-electron chi connectivity index (χ4n) is 2.30. The molecule has 0 spiro atoms. The number of nitrogens with zero attached hydrogens (tertiary/aromatic N) is 3. The monoisotopic (exact) mass is 343 g/mol. The van der Waals surface area contributed by atoms with E-state index in [1.165, 1.54) is 18.9 Å². The highest BCUT2D eigenvalue weighted by Gasteiger charge is 2.15. The van der Waals surface area contributed by atoms with Gasteiger partial charge in [0.15, 0.2) is 11.0 Å². The third-order valence-electron chi connectivity index (χ3n) is 3.61. The number of aromatic nitrogens is 3. The fourth-order valence-corrected chi connectivity index (χ4v) is 3.11. The van der Waals surface area contributed by atoms with Crippen LogP contribution in [0.15, 0.2) is 46.0 Å². The molecule has 2 aromatic heterocycles. The van der Waals surface area contributed by atoms with Gasteiger partial charge in [-0.3, -0.25) is 0 Å². The molecule has 0 amide bonds. The number of esters is 1. The highest BCUT2D eigenvalue weighted by atomic mass is 32.2. The van der Waals surface area contributed by atoms with Crippen LogP contribution in [0.2, 0.25) is 0 Å². The summed E-state index contributed by atoms with van der Waals surface area (Å²) in [5.41, 5.74) is 2.21. The summed E-state index contributed by atoms with van der Waals surface area (Å²) in [5, 5.41) is 9.32. The van der Waals surface area contributed by atoms with E-state index < -0.39 is 5.97 Å². The Labute approximate surface area is 143 Å². The van der Waals surface area contributed by atoms with Crippen LogP contribution >= 0.6 is 11.8 Å². The van der Waals surface area contributed by atoms with Crippen molar-refractivity contribution in [2.24, 2.45) is 7.05 Å². The van der Waals surface area contributed by atoms with E-state index in [-0.39, 0.29) is 5.76 Å². The number of carbonyl (C=O) groups excluding carboxylic acids is 1. The Kier molecular flexibility index (Phi) is 4.71. The Bertz CT molecular complexity index is 870. The fraction of sp³-hybridized carbons (Fsp3) is 0.235. The van der Waals surface area contributed by atoms with Crippen LogP contribution in [-0.2, 0) is 17.5 Å². The first-order chi connectivity index (χ1) is 11.6. The lowest BCUT2D eigenvalue weighted by Crippen LogP contribution is -1.98. The number of methoxy groups -OCH3 is 1. The van der Waals surface area contributed by atoms with Crippen molar-refractivity contribution < 1.29 is 13.9 Å². The number of ether oxygens (including phenoxy) is 1. The number of hydrogen-bond donors (Lipinski definition) is 0. The molecule has 24 heavy (non-hydrogen) atoms. The smallest absolute Gasteiger partial charge is 0.373 e. The summed E-state index contributed by atoms with van der Waals surface area (Å²) in [6.45, 7) is 2.05. The predicted molar refractivity (Wildman–Crippen MR) is 90.8 cm³/mol. The minimum absolute atomic E-state index is 0.201. The number of hydrogen-bond acceptors (Lipinski definition) is 6. The van der Waals surface area contributed by atoms with E-state index in [0.717, 1.165) is 22.1 Å². The zero-order valence-corrected chi connectivity index (χ0v) is 14.5. The summed E-state index contributed by atoms with van der Waals surface area (Å²) in [4.78, 5) is 11.4. The molecule has 124 valence electrons. The lowest BCUT2D eigenvalue weighted by atomic mass is 10.1. The second kappa shape index (κ2) is 6.92. The average molecular weight is 343 g/mol. The maximum absolute atomic E-state index is 11.4. The molecule has 2 heterocycles. The molecule has 0 saturated carbocycles. The maximum atomic E-state index is 11.4. The number of aryl methyl sites for hydroxylation is 1. The zero-order chi connectivity index (χ0) is 17.1. The van der Waals surface area contributed by atoms with Crippen molar-refractivity contribution in [3.05, 3.63) is 53.5 Å². The number of rotatable bonds is 5. The zero-order valence-electron chi connectivity index (χ0n) is 13.6. The van der Waals surface area contributed by atoms with Gasteiger partial charge in [0.05, 0.1) is 12.9 Å². The normalized spacial score (nSPS) is 10.8. The van der Waals surface area contributed by atoms with Crippen LogP contribution < -0.4 is 0 Å². The third-order valence-corrected chi connectivity index (χ3v) is 4.66. The van der Waals surface area contributed by atoms with Crippen LogP contribution in [0.1, 0.15) is 21.9 Å². The number of furan rings is 1. The summed E-state index contributed by atoms with van der Waals surface area (Å²) in [7, 11) is 3.26. The summed E-state index contributed by atoms with van der Waals surface area (Å²) in [6, 6.07) is 11.4. The van der Waals surface area contributed by atoms with Gasteiger partial charge in [0, 0.05) is 12.6 Å². The van der Waals surface area contributed by atoms with Gasteiger partial charge < -0.3 is 13.7 Å². The summed E-state index contributed by atoms with van der Waals surface area (Å²) in [5.74, 6) is 1.78. The van der Waals surface area contributed by atoms with E-state index in [1.807, 2.05) is 42.8 Å². The Hall–Kier alpha value is -2.54. The van der Waals surface area contributed by atoms with Gasteiger partial charge in [-0.15, -0.1) is 10.2 Å². The summed E-state index contributed by atoms with van der Waals surface area (Å²) < 4.78 is 12.0. The van der Waals surface area contributed by atoms with Gasteiger partial charge in [0.1, 0.15) is 5.76 Å². The average Bonchev–Trinajstić information content (AvgIpc) is 3.20. The summed E-state index contributed by atoms with van der Waals surface area (Å²) >= 11 is 1.50. The molecule has 0 fully saturated rings. The minimum atomic E-state index is -0.480. The van der Waals surface area contributed by atoms with E-state index in [1.54, 1.807) is 12.1 Å². The van der Waals surface area contributed by atoms with Crippen molar-refractivity contribution in [1.29, 1.82) is 0 Å². The molecule has 0 bridgehead atoms. The Morgan fingerprint density at radius 2 is 2.04 bits per heavy atom. The van der Waals surface area contributed by atoms with Crippen molar-refractivity contribution in [3.8, 4) is 11.4 Å². The molecule has 0 aliphatic rings. The summed E-state index contributed by atoms with van der Waals surface area (Å²) in [6.07, 6.45) is 0. The van der Waals surface area contributed by atoms with Crippen molar-refractivity contribution in [2.45, 2.75) is 17.8 Å². The van der Waals surface area contributed by atoms with Gasteiger partial charge >= 0.3 is 5.97 Å². The molecule has 3 rings (SSSR count). The highest BCUT2D eigenvalue weighted by molar-refractivity contribution is 7.98. The third kappa shape index (κ3) is 3.21. The van der Waals surface area contributed by atoms with Crippen molar-refractivity contribution >= 4 is 17.7 Å². The van der Waals surface area contributed by atoms with E-state index in [4.69, 9.17) is 4.42 Å². The van der Waals surface area contributed by atoms with Crippen LogP contribution in [0.5, 0.6) is 0 Å². The lowest BCUT2D eigenvalue weighted by Gasteiger charge is -2.05. The molecule has 0 N–H and O–H groups in total. The van der Waals surface area contributed by atoms with Crippen molar-refractivity contribution in [1.82, 2.24) is 14.8 Å². The van der Waals surface area contributed by atoms with Gasteiger partial charge in [-0.25, -0.2) is 4.79 Å². The van der Waals surface area contributed by atoms with Crippen LogP contribution in [0.25, 0.3) is 11.4 Å². The quantitative estimate of drug-likeness (QED) is 0.522. The van der Waals surface area contributed by atoms with Crippen molar-refractivity contribution in [3.63, 3.8) is 0 Å². The molecule has 0 saturated heterocycles. The van der Waals surface area contributed by atoms with Gasteiger partial charge in [-0.2, -0.15) is 0 Å². The molecule has 3 aromatic rings. The minimum Gasteiger partial charge on any atom is -0.463 e. The maximum Gasteiger partial charge on any atom is 0.373 e. The van der Waals surface area contributed by atoms with Crippen LogP contribution in [-0.4, -0.2) is 27.8 Å². The standard InChI is InChI=1S/C17H17N3O3S/c1-11-6-4-5-7-13(11)15-18-19-17(20(15)2)24-10-12-8-9-14(23-12)16(21)22-3/h4-9H,10H2,1-3H3. The van der Waals surface area contributed by atoms with E-state index in [2.05, 4.69) is 14.9 Å². The molecule has 0 aliphatic carbocycles. The van der Waals surface area contributed by atoms with Gasteiger partial charge in [-0.1, -0.05) is 36.0 Å². The molecule has 0 aliphatic heterocycles. The van der Waals surface area contributed by atoms with E-state index in [0.29, 0.717) is 11.5 Å². The Morgan fingerprint density at radius 3 is 2.79 bits per heavy atom. The molecule has 6 nitrogen and oxygen atoms in total. The molecular weight excluding hydrogens is 326 g/mol. The number of thioether (sulfide) groups is 1. The predicted octanol–water partition coefficient (Wildman–Crippen LogP) is 3.46. The molecular formula is C17H17N3O3S. The Balaban J connectivity index is 1.74.